The van der Waals surface area contributed by atoms with E-state index in [-0.39, 0.29) is 0 Å². The predicted molar refractivity (Wildman–Crippen MR) is 74.8 cm³/mol. The number of thiophene rings is 2. The zero-order valence-electron chi connectivity index (χ0n) is 10.1. The van der Waals surface area contributed by atoms with Crippen LogP contribution in [0.25, 0.3) is 0 Å². The SMILES string of the molecule is CN(C)CCC(O)(c1ccsc1)c1ccsc1. The first kappa shape index (κ1) is 12.8. The van der Waals surface area contributed by atoms with Crippen molar-refractivity contribution >= 4 is 22.7 Å². The standard InChI is InChI=1S/C13H17NOS2/c1-14(2)6-5-13(15,11-3-7-16-9-11)12-4-8-17-10-12/h3-4,7-10,15H,5-6H2,1-2H3. The predicted octanol–water partition coefficient (Wildman–Crippen LogP) is 3.00. The fourth-order valence-corrected chi connectivity index (χ4v) is 3.29. The molecule has 0 aromatic carbocycles. The second kappa shape index (κ2) is 5.31. The topological polar surface area (TPSA) is 23.5 Å². The highest BCUT2D eigenvalue weighted by molar-refractivity contribution is 7.08. The smallest absolute Gasteiger partial charge is 0.117 e. The fourth-order valence-electron chi connectivity index (χ4n) is 1.84. The molecule has 17 heavy (non-hydrogen) atoms. The average molecular weight is 267 g/mol. The summed E-state index contributed by atoms with van der Waals surface area (Å²) in [7, 11) is 4.06. The van der Waals surface area contributed by atoms with Gasteiger partial charge in [0.25, 0.3) is 0 Å². The Morgan fingerprint density at radius 3 is 2.00 bits per heavy atom. The summed E-state index contributed by atoms with van der Waals surface area (Å²) < 4.78 is 0. The first-order chi connectivity index (χ1) is 8.13. The number of rotatable bonds is 5. The zero-order chi connectivity index (χ0) is 12.3. The quantitative estimate of drug-likeness (QED) is 0.900. The third-order valence-corrected chi connectivity index (χ3v) is 4.28. The Morgan fingerprint density at radius 2 is 1.65 bits per heavy atom. The second-order valence-corrected chi connectivity index (χ2v) is 6.00. The lowest BCUT2D eigenvalue weighted by Gasteiger charge is -2.28. The number of hydrogen-bond donors (Lipinski definition) is 1. The molecule has 0 aliphatic heterocycles. The summed E-state index contributed by atoms with van der Waals surface area (Å²) in [6, 6.07) is 4.02. The van der Waals surface area contributed by atoms with Crippen molar-refractivity contribution in [2.75, 3.05) is 20.6 Å². The molecule has 0 atom stereocenters. The fraction of sp³-hybridized carbons (Fsp3) is 0.385. The van der Waals surface area contributed by atoms with Crippen LogP contribution in [0, 0.1) is 0 Å². The highest BCUT2D eigenvalue weighted by Gasteiger charge is 2.32. The van der Waals surface area contributed by atoms with E-state index in [1.54, 1.807) is 22.7 Å². The van der Waals surface area contributed by atoms with E-state index in [1.165, 1.54) is 0 Å². The Morgan fingerprint density at radius 1 is 1.12 bits per heavy atom. The third-order valence-electron chi connectivity index (χ3n) is 2.92. The van der Waals surface area contributed by atoms with E-state index in [2.05, 4.69) is 4.90 Å². The van der Waals surface area contributed by atoms with Gasteiger partial charge in [0.05, 0.1) is 0 Å². The first-order valence-corrected chi connectivity index (χ1v) is 7.44. The molecule has 0 saturated carbocycles. The summed E-state index contributed by atoms with van der Waals surface area (Å²) in [5.74, 6) is 0. The van der Waals surface area contributed by atoms with Crippen LogP contribution < -0.4 is 0 Å². The molecule has 0 amide bonds. The van der Waals surface area contributed by atoms with Gasteiger partial charge in [-0.15, -0.1) is 0 Å². The summed E-state index contributed by atoms with van der Waals surface area (Å²) in [5.41, 5.74) is 1.16. The van der Waals surface area contributed by atoms with Gasteiger partial charge in [-0.3, -0.25) is 0 Å². The molecule has 4 heteroatoms. The van der Waals surface area contributed by atoms with Crippen molar-refractivity contribution in [3.05, 3.63) is 44.8 Å². The minimum absolute atomic E-state index is 0.716. The number of hydrogen-bond acceptors (Lipinski definition) is 4. The van der Waals surface area contributed by atoms with Crippen molar-refractivity contribution in [3.63, 3.8) is 0 Å². The first-order valence-electron chi connectivity index (χ1n) is 5.55. The zero-order valence-corrected chi connectivity index (χ0v) is 11.7. The normalized spacial score (nSPS) is 12.2. The highest BCUT2D eigenvalue weighted by atomic mass is 32.1. The summed E-state index contributed by atoms with van der Waals surface area (Å²) in [6.07, 6.45) is 0.716. The van der Waals surface area contributed by atoms with Gasteiger partial charge < -0.3 is 10.0 Å². The molecule has 0 bridgehead atoms. The Bertz CT molecular complexity index is 400. The van der Waals surface area contributed by atoms with Gasteiger partial charge in [-0.25, -0.2) is 0 Å². The lowest BCUT2D eigenvalue weighted by Crippen LogP contribution is -2.31. The van der Waals surface area contributed by atoms with Crippen molar-refractivity contribution < 1.29 is 5.11 Å². The molecule has 0 fully saturated rings. The summed E-state index contributed by atoms with van der Waals surface area (Å²) in [5, 5.41) is 19.1. The molecule has 0 unspecified atom stereocenters. The molecule has 0 radical (unpaired) electrons. The van der Waals surface area contributed by atoms with Crippen LogP contribution in [0.2, 0.25) is 0 Å². The Balaban J connectivity index is 2.30. The number of nitrogens with zero attached hydrogens (tertiary/aromatic N) is 1. The Hall–Kier alpha value is -0.680. The minimum atomic E-state index is -0.843. The number of aliphatic hydroxyl groups is 1. The molecular weight excluding hydrogens is 250 g/mol. The van der Waals surface area contributed by atoms with Crippen LogP contribution in [0.3, 0.4) is 0 Å². The van der Waals surface area contributed by atoms with E-state index in [0.29, 0.717) is 6.42 Å². The van der Waals surface area contributed by atoms with Gasteiger partial charge in [-0.05, 0) is 65.3 Å². The van der Waals surface area contributed by atoms with Crippen LogP contribution in [0.15, 0.2) is 33.7 Å². The molecular formula is C13H17NOS2. The molecule has 1 N–H and O–H groups in total. The van der Waals surface area contributed by atoms with Crippen LogP contribution in [0.4, 0.5) is 0 Å². The van der Waals surface area contributed by atoms with Crippen LogP contribution in [-0.4, -0.2) is 30.6 Å². The minimum Gasteiger partial charge on any atom is -0.380 e. The van der Waals surface area contributed by atoms with Crippen molar-refractivity contribution in [1.82, 2.24) is 4.90 Å². The molecule has 2 heterocycles. The van der Waals surface area contributed by atoms with Crippen molar-refractivity contribution in [3.8, 4) is 0 Å². The molecule has 92 valence electrons. The van der Waals surface area contributed by atoms with Crippen LogP contribution >= 0.6 is 22.7 Å². The summed E-state index contributed by atoms with van der Waals surface area (Å²) in [6.45, 7) is 0.863. The van der Waals surface area contributed by atoms with Crippen molar-refractivity contribution in [2.24, 2.45) is 0 Å². The van der Waals surface area contributed by atoms with E-state index in [0.717, 1.165) is 17.7 Å². The van der Waals surface area contributed by atoms with E-state index in [9.17, 15) is 5.11 Å². The van der Waals surface area contributed by atoms with Gasteiger partial charge in [-0.1, -0.05) is 0 Å². The van der Waals surface area contributed by atoms with E-state index in [1.807, 2.05) is 47.7 Å². The average Bonchev–Trinajstić information content (AvgIpc) is 2.97. The van der Waals surface area contributed by atoms with Crippen molar-refractivity contribution in [1.29, 1.82) is 0 Å². The molecule has 0 aliphatic rings. The van der Waals surface area contributed by atoms with E-state index in [4.69, 9.17) is 0 Å². The maximum absolute atomic E-state index is 11.0. The lowest BCUT2D eigenvalue weighted by molar-refractivity contribution is 0.0638. The summed E-state index contributed by atoms with van der Waals surface area (Å²) in [4.78, 5) is 2.10. The molecule has 2 aromatic heterocycles. The van der Waals surface area contributed by atoms with Gasteiger partial charge in [0.1, 0.15) is 5.60 Å². The molecule has 0 spiro atoms. The van der Waals surface area contributed by atoms with Gasteiger partial charge in [0.2, 0.25) is 0 Å². The molecule has 2 nitrogen and oxygen atoms in total. The second-order valence-electron chi connectivity index (χ2n) is 4.44. The maximum atomic E-state index is 11.0. The molecule has 2 rings (SSSR count). The van der Waals surface area contributed by atoms with Gasteiger partial charge in [0, 0.05) is 6.54 Å². The monoisotopic (exact) mass is 267 g/mol. The van der Waals surface area contributed by atoms with Gasteiger partial charge in [-0.2, -0.15) is 22.7 Å². The van der Waals surface area contributed by atoms with E-state index >= 15 is 0 Å². The lowest BCUT2D eigenvalue weighted by atomic mass is 9.87. The molecule has 0 saturated heterocycles. The van der Waals surface area contributed by atoms with Crippen LogP contribution in [0.1, 0.15) is 17.5 Å². The highest BCUT2D eigenvalue weighted by Crippen LogP contribution is 2.35. The maximum Gasteiger partial charge on any atom is 0.117 e. The van der Waals surface area contributed by atoms with E-state index < -0.39 is 5.60 Å². The Labute approximate surface area is 110 Å². The molecule has 2 aromatic rings. The van der Waals surface area contributed by atoms with Crippen LogP contribution in [-0.2, 0) is 5.60 Å². The van der Waals surface area contributed by atoms with Crippen LogP contribution in [0.5, 0.6) is 0 Å². The largest absolute Gasteiger partial charge is 0.380 e. The summed E-state index contributed by atoms with van der Waals surface area (Å²) >= 11 is 3.26. The molecule has 0 aliphatic carbocycles. The third kappa shape index (κ3) is 2.77. The van der Waals surface area contributed by atoms with Crippen molar-refractivity contribution in [2.45, 2.75) is 12.0 Å². The van der Waals surface area contributed by atoms with Gasteiger partial charge >= 0.3 is 0 Å². The Kier molecular flexibility index (Phi) is 3.99. The van der Waals surface area contributed by atoms with Gasteiger partial charge in [0.15, 0.2) is 0 Å².